The molecule has 11 heteroatoms. The molecule has 0 aliphatic heterocycles. The molecule has 0 fully saturated rings. The summed E-state index contributed by atoms with van der Waals surface area (Å²) >= 11 is 0. The highest BCUT2D eigenvalue weighted by molar-refractivity contribution is 5.31. The van der Waals surface area contributed by atoms with E-state index in [4.69, 9.17) is 5.84 Å². The molecule has 2 heterocycles. The van der Waals surface area contributed by atoms with Gasteiger partial charge in [0.2, 0.25) is 5.62 Å². The summed E-state index contributed by atoms with van der Waals surface area (Å²) in [6.45, 7) is 0. The number of rotatable bonds is 3. The lowest BCUT2D eigenvalue weighted by molar-refractivity contribution is 0.740. The van der Waals surface area contributed by atoms with E-state index in [0.717, 1.165) is 10.6 Å². The van der Waals surface area contributed by atoms with Crippen LogP contribution in [0.15, 0.2) is 31.6 Å². The number of nitrogens with one attached hydrogen (secondary N) is 4. The van der Waals surface area contributed by atoms with Gasteiger partial charge < -0.3 is 10.4 Å². The number of hydrogen-bond donors (Lipinski definition) is 5. The summed E-state index contributed by atoms with van der Waals surface area (Å²) in [6.07, 6.45) is 0. The van der Waals surface area contributed by atoms with E-state index in [0.29, 0.717) is 0 Å². The Hall–Kier alpha value is -3.08. The van der Waals surface area contributed by atoms with Crippen molar-refractivity contribution >= 4 is 11.6 Å². The van der Waals surface area contributed by atoms with Gasteiger partial charge in [0.15, 0.2) is 0 Å². The number of H-pyrrole nitrogens is 2. The van der Waals surface area contributed by atoms with Gasteiger partial charge in [0.25, 0.3) is 11.1 Å². The van der Waals surface area contributed by atoms with Gasteiger partial charge in [-0.15, -0.1) is 5.10 Å². The fourth-order valence-electron chi connectivity index (χ4n) is 1.47. The fourth-order valence-corrected chi connectivity index (χ4v) is 1.47. The summed E-state index contributed by atoms with van der Waals surface area (Å²) in [7, 11) is 2.84. The van der Waals surface area contributed by atoms with Crippen molar-refractivity contribution in [3.05, 3.63) is 48.9 Å². The highest BCUT2D eigenvalue weighted by atomic mass is 16.2. The van der Waals surface area contributed by atoms with E-state index in [9.17, 15) is 14.4 Å². The van der Waals surface area contributed by atoms with Crippen LogP contribution in [-0.4, -0.2) is 19.1 Å². The third kappa shape index (κ3) is 2.92. The van der Waals surface area contributed by atoms with E-state index in [-0.39, 0.29) is 22.8 Å². The lowest BCUT2D eigenvalue weighted by atomic mass is 10.6. The molecule has 2 rings (SSSR count). The zero-order valence-corrected chi connectivity index (χ0v) is 11.3. The van der Waals surface area contributed by atoms with Crippen LogP contribution < -0.4 is 39.1 Å². The maximum absolute atomic E-state index is 11.6. The lowest BCUT2D eigenvalue weighted by Crippen LogP contribution is -2.36. The topological polar surface area (TPSA) is 155 Å². The lowest BCUT2D eigenvalue weighted by Gasteiger charge is -2.05. The SMILES string of the molecule is Cn1c(=O)cc(NN=c2[nH]c(NN)cc(=O)n2C)[nH]c1=O. The number of aromatic nitrogens is 4. The smallest absolute Gasteiger partial charge is 0.310 e. The molecule has 0 aliphatic carbocycles. The Morgan fingerprint density at radius 2 is 1.67 bits per heavy atom. The zero-order chi connectivity index (χ0) is 15.6. The third-order valence-corrected chi connectivity index (χ3v) is 2.74. The molecular weight excluding hydrogens is 280 g/mol. The molecule has 0 bridgehead atoms. The Kier molecular flexibility index (Phi) is 3.75. The predicted octanol–water partition coefficient (Wildman–Crippen LogP) is -2.69. The summed E-state index contributed by atoms with van der Waals surface area (Å²) in [5, 5.41) is 3.90. The summed E-state index contributed by atoms with van der Waals surface area (Å²) in [4.78, 5) is 39.7. The van der Waals surface area contributed by atoms with Crippen molar-refractivity contribution in [2.45, 2.75) is 0 Å². The van der Waals surface area contributed by atoms with Gasteiger partial charge in [-0.05, 0) is 0 Å². The summed E-state index contributed by atoms with van der Waals surface area (Å²) < 4.78 is 2.12. The zero-order valence-electron chi connectivity index (χ0n) is 11.3. The molecule has 0 spiro atoms. The van der Waals surface area contributed by atoms with Crippen LogP contribution >= 0.6 is 0 Å². The molecule has 0 amide bonds. The summed E-state index contributed by atoms with van der Waals surface area (Å²) in [6, 6.07) is 2.41. The number of nitrogens with two attached hydrogens (primary N) is 1. The minimum atomic E-state index is -0.588. The first-order valence-electron chi connectivity index (χ1n) is 5.79. The standard InChI is InChI=1S/C10H14N8O3/c1-17-7(19)3-5(14-11)12-9(17)16-15-6-4-8(20)18(2)10(21)13-6/h3-4,14-15H,11H2,1-2H3,(H,12,16)(H,13,21). The average molecular weight is 294 g/mol. The molecule has 0 aliphatic rings. The Labute approximate surface area is 116 Å². The van der Waals surface area contributed by atoms with Crippen LogP contribution in [0.5, 0.6) is 0 Å². The van der Waals surface area contributed by atoms with Crippen molar-refractivity contribution in [2.75, 3.05) is 10.9 Å². The second kappa shape index (κ2) is 5.50. The van der Waals surface area contributed by atoms with Crippen molar-refractivity contribution in [3.8, 4) is 0 Å². The van der Waals surface area contributed by atoms with E-state index in [1.54, 1.807) is 0 Å². The number of aromatic amines is 2. The molecule has 112 valence electrons. The van der Waals surface area contributed by atoms with Crippen LogP contribution in [0, 0.1) is 0 Å². The Morgan fingerprint density at radius 3 is 2.29 bits per heavy atom. The van der Waals surface area contributed by atoms with Crippen LogP contribution in [0.4, 0.5) is 11.6 Å². The van der Waals surface area contributed by atoms with E-state index in [1.165, 1.54) is 24.7 Å². The molecule has 11 nitrogen and oxygen atoms in total. The van der Waals surface area contributed by atoms with Gasteiger partial charge in [-0.25, -0.2) is 10.6 Å². The minimum Gasteiger partial charge on any atom is -0.310 e. The predicted molar refractivity (Wildman–Crippen MR) is 75.3 cm³/mol. The van der Waals surface area contributed by atoms with Gasteiger partial charge in [-0.1, -0.05) is 0 Å². The van der Waals surface area contributed by atoms with Crippen LogP contribution in [0.2, 0.25) is 0 Å². The van der Waals surface area contributed by atoms with Gasteiger partial charge >= 0.3 is 5.69 Å². The summed E-state index contributed by atoms with van der Waals surface area (Å²) in [5.41, 5.74) is 3.48. The van der Waals surface area contributed by atoms with Crippen molar-refractivity contribution in [1.29, 1.82) is 0 Å². The second-order valence-corrected chi connectivity index (χ2v) is 4.16. The van der Waals surface area contributed by atoms with Crippen molar-refractivity contribution < 1.29 is 0 Å². The van der Waals surface area contributed by atoms with Gasteiger partial charge in [-0.2, -0.15) is 0 Å². The van der Waals surface area contributed by atoms with Crippen LogP contribution in [0.3, 0.4) is 0 Å². The Balaban J connectivity index is 2.47. The highest BCUT2D eigenvalue weighted by Crippen LogP contribution is 1.92. The maximum atomic E-state index is 11.6. The van der Waals surface area contributed by atoms with E-state index >= 15 is 0 Å². The van der Waals surface area contributed by atoms with Gasteiger partial charge in [-0.3, -0.25) is 29.1 Å². The molecule has 0 saturated carbocycles. The van der Waals surface area contributed by atoms with E-state index < -0.39 is 11.2 Å². The third-order valence-electron chi connectivity index (χ3n) is 2.74. The van der Waals surface area contributed by atoms with E-state index in [2.05, 4.69) is 25.9 Å². The van der Waals surface area contributed by atoms with E-state index in [1.807, 2.05) is 0 Å². The second-order valence-electron chi connectivity index (χ2n) is 4.16. The first kappa shape index (κ1) is 14.3. The van der Waals surface area contributed by atoms with Crippen LogP contribution in [-0.2, 0) is 14.1 Å². The molecule has 2 aromatic heterocycles. The van der Waals surface area contributed by atoms with Crippen LogP contribution in [0.1, 0.15) is 0 Å². The molecule has 0 saturated heterocycles. The normalized spacial score (nSPS) is 11.5. The first-order chi connectivity index (χ1) is 9.92. The van der Waals surface area contributed by atoms with Gasteiger partial charge in [0, 0.05) is 26.2 Å². The average Bonchev–Trinajstić information content (AvgIpc) is 2.45. The molecule has 0 aromatic carbocycles. The minimum absolute atomic E-state index is 0.0926. The maximum Gasteiger partial charge on any atom is 0.329 e. The number of nitrogens with zero attached hydrogens (tertiary/aromatic N) is 3. The quantitative estimate of drug-likeness (QED) is 0.307. The van der Waals surface area contributed by atoms with Crippen molar-refractivity contribution in [2.24, 2.45) is 25.0 Å². The number of hydrogen-bond acceptors (Lipinski definition) is 7. The Morgan fingerprint density at radius 1 is 1.05 bits per heavy atom. The number of nitrogen functional groups attached to an aromatic ring is 1. The molecule has 0 radical (unpaired) electrons. The molecule has 6 N–H and O–H groups in total. The van der Waals surface area contributed by atoms with Crippen LogP contribution in [0.25, 0.3) is 0 Å². The van der Waals surface area contributed by atoms with Crippen molar-refractivity contribution in [3.63, 3.8) is 0 Å². The monoisotopic (exact) mass is 294 g/mol. The first-order valence-corrected chi connectivity index (χ1v) is 5.79. The number of hydrazine groups is 1. The molecule has 0 unspecified atom stereocenters. The molecule has 21 heavy (non-hydrogen) atoms. The molecular formula is C10H14N8O3. The fraction of sp³-hybridized carbons (Fsp3) is 0.200. The number of anilines is 2. The van der Waals surface area contributed by atoms with Gasteiger partial charge in [0.1, 0.15) is 11.6 Å². The van der Waals surface area contributed by atoms with Gasteiger partial charge in [0.05, 0.1) is 0 Å². The Bertz CT molecular complexity index is 869. The largest absolute Gasteiger partial charge is 0.329 e. The highest BCUT2D eigenvalue weighted by Gasteiger charge is 2.00. The molecule has 2 aromatic rings. The summed E-state index contributed by atoms with van der Waals surface area (Å²) in [5.74, 6) is 5.57. The molecule has 0 atom stereocenters. The van der Waals surface area contributed by atoms with Crippen molar-refractivity contribution in [1.82, 2.24) is 19.1 Å².